The first-order valence-electron chi connectivity index (χ1n) is 25.4. The Hall–Kier alpha value is -3.95. The fourth-order valence-corrected chi connectivity index (χ4v) is 9.99. The highest BCUT2D eigenvalue weighted by Crippen LogP contribution is 2.36. The molecule has 17 atom stereocenters. The molecule has 3 aliphatic rings. The molecule has 1 unspecified atom stereocenters. The SMILES string of the molecule is CC[C@H]1OC(=O)C[C@@H](O)[C@H](C)[C@@H](OC2O[C@H](C)[C@@H](OC/C=C/c3cccnc3)[C@H](N(C)C)[C@H]2O)[C@@H](CCOC(=O)Cc2ccc(Cl)cc2)C[C@@H](C)C(=O)/C=C/C(C)=C/[C@@H]1CO[C@@H]1O[C@H](C)[C@@H](O)[C@@H](OC)[C@H]1OC. The molecule has 4 heterocycles. The normalized spacial score (nSPS) is 35.3. The van der Waals surface area contributed by atoms with Gasteiger partial charge >= 0.3 is 11.9 Å². The van der Waals surface area contributed by atoms with Crippen LogP contribution in [-0.2, 0) is 63.4 Å². The van der Waals surface area contributed by atoms with Gasteiger partial charge in [0.05, 0.1) is 63.1 Å². The third-order valence-corrected chi connectivity index (χ3v) is 14.3. The number of likely N-dealkylation sites (N-methyl/N-ethyl adjacent to an activating group) is 1. The van der Waals surface area contributed by atoms with Gasteiger partial charge in [0.15, 0.2) is 18.4 Å². The number of nitrogens with zero attached hydrogens (tertiary/aromatic N) is 2. The maximum absolute atomic E-state index is 14.1. The summed E-state index contributed by atoms with van der Waals surface area (Å²) < 4.78 is 55.2. The van der Waals surface area contributed by atoms with Crippen molar-refractivity contribution in [2.24, 2.45) is 23.7 Å². The Morgan fingerprint density at radius 1 is 0.904 bits per heavy atom. The van der Waals surface area contributed by atoms with Gasteiger partial charge in [-0.3, -0.25) is 19.4 Å². The number of ketones is 1. The second-order valence-electron chi connectivity index (χ2n) is 19.8. The van der Waals surface area contributed by atoms with Crippen LogP contribution in [0.4, 0.5) is 0 Å². The minimum atomic E-state index is -1.35. The molecule has 5 rings (SSSR count). The van der Waals surface area contributed by atoms with Gasteiger partial charge in [-0.05, 0) is 95.4 Å². The topological polar surface area (TPSA) is 211 Å². The van der Waals surface area contributed by atoms with E-state index in [9.17, 15) is 29.7 Å². The number of benzene rings is 1. The van der Waals surface area contributed by atoms with E-state index in [0.29, 0.717) is 17.0 Å². The van der Waals surface area contributed by atoms with E-state index in [4.69, 9.17) is 54.2 Å². The predicted octanol–water partition coefficient (Wildman–Crippen LogP) is 5.94. The first kappa shape index (κ1) is 59.9. The van der Waals surface area contributed by atoms with Gasteiger partial charge in [0, 0.05) is 49.4 Å². The van der Waals surface area contributed by atoms with Gasteiger partial charge in [0.1, 0.15) is 36.6 Å². The van der Waals surface area contributed by atoms with Crippen LogP contribution in [0.2, 0.25) is 5.02 Å². The third kappa shape index (κ3) is 17.3. The highest BCUT2D eigenvalue weighted by atomic mass is 35.5. The van der Waals surface area contributed by atoms with Crippen LogP contribution < -0.4 is 0 Å². The first-order valence-corrected chi connectivity index (χ1v) is 25.8. The molecule has 0 amide bonds. The monoisotopic (exact) mass is 1040 g/mol. The number of methoxy groups -OCH3 is 2. The number of aliphatic hydroxyl groups is 3. The lowest BCUT2D eigenvalue weighted by molar-refractivity contribution is -0.308. The average Bonchev–Trinajstić information content (AvgIpc) is 3.36. The molecule has 2 aromatic rings. The van der Waals surface area contributed by atoms with Crippen molar-refractivity contribution in [2.45, 2.75) is 153 Å². The Balaban J connectivity index is 1.44. The lowest BCUT2D eigenvalue weighted by Gasteiger charge is -2.48. The number of halogens is 1. The van der Waals surface area contributed by atoms with Crippen molar-refractivity contribution in [1.29, 1.82) is 0 Å². The van der Waals surface area contributed by atoms with E-state index in [-0.39, 0.29) is 44.9 Å². The summed E-state index contributed by atoms with van der Waals surface area (Å²) in [6.07, 6.45) is 1.83. The molecule has 0 spiro atoms. The van der Waals surface area contributed by atoms with Gasteiger partial charge in [0.2, 0.25) is 0 Å². The van der Waals surface area contributed by atoms with Crippen molar-refractivity contribution in [1.82, 2.24) is 9.88 Å². The quantitative estimate of drug-likeness (QED) is 0.148. The van der Waals surface area contributed by atoms with Gasteiger partial charge in [0.25, 0.3) is 0 Å². The fraction of sp³-hybridized carbons (Fsp3) is 0.636. The molecular formula is C55H79ClN2O15. The van der Waals surface area contributed by atoms with E-state index >= 15 is 0 Å². The summed E-state index contributed by atoms with van der Waals surface area (Å²) in [5.41, 5.74) is 2.32. The zero-order valence-electron chi connectivity index (χ0n) is 44.0. The lowest BCUT2D eigenvalue weighted by Crippen LogP contribution is -2.64. The van der Waals surface area contributed by atoms with Crippen molar-refractivity contribution in [3.05, 3.63) is 94.8 Å². The molecule has 3 N–H and O–H groups in total. The van der Waals surface area contributed by atoms with Crippen molar-refractivity contribution in [2.75, 3.05) is 48.1 Å². The fourth-order valence-electron chi connectivity index (χ4n) is 9.87. The number of esters is 2. The van der Waals surface area contributed by atoms with E-state index in [1.165, 1.54) is 20.3 Å². The average molecular weight is 1040 g/mol. The number of hydrogen-bond donors (Lipinski definition) is 3. The number of hydrogen-bond acceptors (Lipinski definition) is 17. The molecule has 3 aliphatic heterocycles. The molecule has 406 valence electrons. The smallest absolute Gasteiger partial charge is 0.310 e. The Morgan fingerprint density at radius 2 is 1.62 bits per heavy atom. The van der Waals surface area contributed by atoms with Crippen molar-refractivity contribution < 1.29 is 72.3 Å². The number of carbonyl (C=O) groups is 3. The first-order chi connectivity index (χ1) is 34.8. The van der Waals surface area contributed by atoms with Crippen molar-refractivity contribution >= 4 is 35.4 Å². The number of carbonyl (C=O) groups excluding carboxylic acids is 3. The Labute approximate surface area is 436 Å². The highest BCUT2D eigenvalue weighted by Gasteiger charge is 2.49. The van der Waals surface area contributed by atoms with E-state index in [0.717, 1.165) is 11.1 Å². The number of ether oxygens (including phenoxy) is 9. The summed E-state index contributed by atoms with van der Waals surface area (Å²) in [5, 5.41) is 35.5. The molecule has 0 aliphatic carbocycles. The molecule has 2 saturated heterocycles. The predicted molar refractivity (Wildman–Crippen MR) is 273 cm³/mol. The summed E-state index contributed by atoms with van der Waals surface area (Å²) in [5.74, 6) is -3.90. The Morgan fingerprint density at radius 3 is 2.27 bits per heavy atom. The second kappa shape index (κ2) is 29.4. The van der Waals surface area contributed by atoms with E-state index in [2.05, 4.69) is 4.98 Å². The van der Waals surface area contributed by atoms with E-state index in [1.807, 2.05) is 70.1 Å². The number of cyclic esters (lactones) is 1. The van der Waals surface area contributed by atoms with Crippen molar-refractivity contribution in [3.63, 3.8) is 0 Å². The summed E-state index contributed by atoms with van der Waals surface area (Å²) >= 11 is 6.07. The van der Waals surface area contributed by atoms with Crippen LogP contribution >= 0.6 is 11.6 Å². The van der Waals surface area contributed by atoms with E-state index in [1.54, 1.807) is 63.5 Å². The summed E-state index contributed by atoms with van der Waals surface area (Å²) in [7, 11) is 6.61. The summed E-state index contributed by atoms with van der Waals surface area (Å²) in [6.45, 7) is 10.9. The van der Waals surface area contributed by atoms with Crippen LogP contribution in [0.1, 0.15) is 78.4 Å². The van der Waals surface area contributed by atoms with Gasteiger partial charge in [-0.1, -0.05) is 80.4 Å². The molecule has 1 aromatic carbocycles. The van der Waals surface area contributed by atoms with Gasteiger partial charge in [-0.25, -0.2) is 0 Å². The number of aromatic nitrogens is 1. The minimum Gasteiger partial charge on any atom is -0.465 e. The maximum atomic E-state index is 14.1. The van der Waals surface area contributed by atoms with Crippen molar-refractivity contribution in [3.8, 4) is 0 Å². The van der Waals surface area contributed by atoms with Crippen LogP contribution in [0, 0.1) is 23.7 Å². The molecule has 0 radical (unpaired) electrons. The third-order valence-electron chi connectivity index (χ3n) is 14.1. The summed E-state index contributed by atoms with van der Waals surface area (Å²) in [4.78, 5) is 47.3. The van der Waals surface area contributed by atoms with E-state index < -0.39 is 122 Å². The molecule has 0 saturated carbocycles. The molecule has 18 heteroatoms. The molecule has 0 bridgehead atoms. The molecule has 1 aromatic heterocycles. The maximum Gasteiger partial charge on any atom is 0.310 e. The molecule has 17 nitrogen and oxygen atoms in total. The second-order valence-corrected chi connectivity index (χ2v) is 20.2. The standard InChI is InChI=1S/C55H79ClN2O15/c1-11-44-40(31-69-55-53(66-10)52(65-9)48(63)35(5)70-55)26-32(2)16-21-42(59)33(3)27-39(22-25-67-45(61)28-37-17-19-41(56)20-18-37)50(34(4)43(60)29-46(62)72-44)73-54-49(64)47(58(7)8)51(36(6)71-54)68-24-13-15-38-14-12-23-57-30-38/h12-21,23,26,30,33-36,39-40,43-44,47-55,60,63-64H,11,22,24-25,27-29,31H2,1-10H3/b15-13+,21-16+,32-26+/t33-,34+,35-,36-,39+,40-,43-,44-,47-,48-,49-,50-,51-,52-,53-,54?,55-/m1/s1. The molecule has 73 heavy (non-hydrogen) atoms. The minimum absolute atomic E-state index is 0.00397. The Kier molecular flexibility index (Phi) is 24.1. The number of allylic oxidation sites excluding steroid dienone is 3. The zero-order chi connectivity index (χ0) is 53.4. The van der Waals surface area contributed by atoms with Crippen LogP contribution in [0.5, 0.6) is 0 Å². The lowest BCUT2D eigenvalue weighted by atomic mass is 9.79. The van der Waals surface area contributed by atoms with Crippen LogP contribution in [-0.4, -0.2) is 171 Å². The Bertz CT molecular complexity index is 2110. The molecule has 2 fully saturated rings. The summed E-state index contributed by atoms with van der Waals surface area (Å²) in [6, 6.07) is 10.0. The van der Waals surface area contributed by atoms with Gasteiger partial charge in [-0.15, -0.1) is 0 Å². The number of rotatable bonds is 18. The molecular weight excluding hydrogens is 964 g/mol. The van der Waals surface area contributed by atoms with Crippen LogP contribution in [0.15, 0.2) is 78.7 Å². The highest BCUT2D eigenvalue weighted by molar-refractivity contribution is 6.30. The number of pyridine rings is 1. The number of aliphatic hydroxyl groups excluding tert-OH is 3. The van der Waals surface area contributed by atoms with Crippen LogP contribution in [0.3, 0.4) is 0 Å². The van der Waals surface area contributed by atoms with Gasteiger partial charge < -0.3 is 62.9 Å². The zero-order valence-corrected chi connectivity index (χ0v) is 44.7. The van der Waals surface area contributed by atoms with Crippen LogP contribution in [0.25, 0.3) is 6.08 Å². The largest absolute Gasteiger partial charge is 0.465 e. The van der Waals surface area contributed by atoms with Gasteiger partial charge in [-0.2, -0.15) is 0 Å².